The molecule has 19 heavy (non-hydrogen) atoms. The van der Waals surface area contributed by atoms with Crippen molar-refractivity contribution in [2.45, 2.75) is 51.6 Å². The predicted molar refractivity (Wildman–Crippen MR) is 69.2 cm³/mol. The Labute approximate surface area is 112 Å². The molecule has 1 N–H and O–H groups in total. The lowest BCUT2D eigenvalue weighted by molar-refractivity contribution is 0.279. The Morgan fingerprint density at radius 3 is 2.37 bits per heavy atom. The Kier molecular flexibility index (Phi) is 4.86. The Hall–Kier alpha value is -1.03. The molecule has 1 aliphatic rings. The highest BCUT2D eigenvalue weighted by Gasteiger charge is 2.20. The first-order valence-corrected chi connectivity index (χ1v) is 6.94. The standard InChI is InChI=1S/C15H20F3N/c1-10(11-5-3-2-4-6-11)19-9-12-7-14(17)15(18)8-13(12)16/h7-8,10-11,19H,2-6,9H2,1H3. The summed E-state index contributed by atoms with van der Waals surface area (Å²) in [6.07, 6.45) is 6.16. The zero-order valence-electron chi connectivity index (χ0n) is 11.2. The van der Waals surface area contributed by atoms with Gasteiger partial charge in [-0.05, 0) is 31.7 Å². The molecule has 106 valence electrons. The molecule has 1 aliphatic carbocycles. The van der Waals surface area contributed by atoms with Crippen LogP contribution in [0.5, 0.6) is 0 Å². The van der Waals surface area contributed by atoms with Crippen LogP contribution in [0.25, 0.3) is 0 Å². The van der Waals surface area contributed by atoms with E-state index >= 15 is 0 Å². The Morgan fingerprint density at radius 2 is 1.68 bits per heavy atom. The molecule has 0 bridgehead atoms. The highest BCUT2D eigenvalue weighted by atomic mass is 19.2. The third-order valence-electron chi connectivity index (χ3n) is 4.06. The number of hydrogen-bond acceptors (Lipinski definition) is 1. The van der Waals surface area contributed by atoms with Crippen LogP contribution in [0.4, 0.5) is 13.2 Å². The van der Waals surface area contributed by atoms with Crippen molar-refractivity contribution in [3.05, 3.63) is 35.1 Å². The topological polar surface area (TPSA) is 12.0 Å². The predicted octanol–water partition coefficient (Wildman–Crippen LogP) is 4.16. The fourth-order valence-corrected chi connectivity index (χ4v) is 2.77. The molecule has 1 saturated carbocycles. The summed E-state index contributed by atoms with van der Waals surface area (Å²) in [6.45, 7) is 2.31. The maximum atomic E-state index is 13.5. The summed E-state index contributed by atoms with van der Waals surface area (Å²) in [6, 6.07) is 1.82. The number of halogens is 3. The number of benzene rings is 1. The maximum absolute atomic E-state index is 13.5. The highest BCUT2D eigenvalue weighted by molar-refractivity contribution is 5.20. The van der Waals surface area contributed by atoms with E-state index in [1.165, 1.54) is 32.1 Å². The van der Waals surface area contributed by atoms with E-state index in [0.717, 1.165) is 6.07 Å². The van der Waals surface area contributed by atoms with Crippen molar-refractivity contribution in [1.29, 1.82) is 0 Å². The summed E-state index contributed by atoms with van der Waals surface area (Å²) in [7, 11) is 0. The second kappa shape index (κ2) is 6.42. The van der Waals surface area contributed by atoms with E-state index in [1.54, 1.807) is 0 Å². The van der Waals surface area contributed by atoms with Crippen molar-refractivity contribution < 1.29 is 13.2 Å². The van der Waals surface area contributed by atoms with Gasteiger partial charge < -0.3 is 5.32 Å². The van der Waals surface area contributed by atoms with E-state index in [4.69, 9.17) is 0 Å². The molecule has 1 unspecified atom stereocenters. The highest BCUT2D eigenvalue weighted by Crippen LogP contribution is 2.26. The fraction of sp³-hybridized carbons (Fsp3) is 0.600. The first-order chi connectivity index (χ1) is 9.08. The van der Waals surface area contributed by atoms with Gasteiger partial charge >= 0.3 is 0 Å². The van der Waals surface area contributed by atoms with Gasteiger partial charge in [0, 0.05) is 24.2 Å². The zero-order chi connectivity index (χ0) is 13.8. The summed E-state index contributed by atoms with van der Waals surface area (Å²) in [5.41, 5.74) is 0.182. The second-order valence-corrected chi connectivity index (χ2v) is 5.43. The van der Waals surface area contributed by atoms with Gasteiger partial charge in [-0.3, -0.25) is 0 Å². The van der Waals surface area contributed by atoms with Crippen LogP contribution in [0.15, 0.2) is 12.1 Å². The molecule has 1 fully saturated rings. The van der Waals surface area contributed by atoms with Crippen LogP contribution in [-0.2, 0) is 6.54 Å². The van der Waals surface area contributed by atoms with Crippen molar-refractivity contribution in [3.8, 4) is 0 Å². The minimum atomic E-state index is -1.14. The van der Waals surface area contributed by atoms with Crippen LogP contribution < -0.4 is 5.32 Å². The van der Waals surface area contributed by atoms with Gasteiger partial charge in [0.1, 0.15) is 5.82 Å². The van der Waals surface area contributed by atoms with Crippen LogP contribution in [0.3, 0.4) is 0 Å². The molecule has 0 spiro atoms. The molecule has 0 amide bonds. The normalized spacial score (nSPS) is 18.5. The molecular weight excluding hydrogens is 251 g/mol. The maximum Gasteiger partial charge on any atom is 0.161 e. The number of hydrogen-bond donors (Lipinski definition) is 1. The van der Waals surface area contributed by atoms with Crippen molar-refractivity contribution in [2.24, 2.45) is 5.92 Å². The third-order valence-corrected chi connectivity index (χ3v) is 4.06. The van der Waals surface area contributed by atoms with Crippen molar-refractivity contribution in [3.63, 3.8) is 0 Å². The number of rotatable bonds is 4. The molecule has 2 rings (SSSR count). The largest absolute Gasteiger partial charge is 0.310 e. The molecule has 1 nitrogen and oxygen atoms in total. The lowest BCUT2D eigenvalue weighted by Crippen LogP contribution is -2.34. The van der Waals surface area contributed by atoms with Crippen LogP contribution in [-0.4, -0.2) is 6.04 Å². The minimum absolute atomic E-state index is 0.182. The molecule has 0 radical (unpaired) electrons. The Morgan fingerprint density at radius 1 is 1.05 bits per heavy atom. The van der Waals surface area contributed by atoms with Gasteiger partial charge in [-0.15, -0.1) is 0 Å². The average molecular weight is 271 g/mol. The van der Waals surface area contributed by atoms with Gasteiger partial charge in [-0.2, -0.15) is 0 Å². The molecule has 1 aromatic carbocycles. The molecule has 0 saturated heterocycles. The molecule has 1 atom stereocenters. The zero-order valence-corrected chi connectivity index (χ0v) is 11.2. The quantitative estimate of drug-likeness (QED) is 0.811. The monoisotopic (exact) mass is 271 g/mol. The van der Waals surface area contributed by atoms with E-state index in [-0.39, 0.29) is 18.2 Å². The van der Waals surface area contributed by atoms with Crippen LogP contribution in [0, 0.1) is 23.4 Å². The summed E-state index contributed by atoms with van der Waals surface area (Å²) < 4.78 is 39.4. The Balaban J connectivity index is 1.92. The molecule has 1 aromatic rings. The minimum Gasteiger partial charge on any atom is -0.310 e. The summed E-state index contributed by atoms with van der Waals surface area (Å²) in [5.74, 6) is -2.23. The van der Waals surface area contributed by atoms with Gasteiger partial charge in [0.15, 0.2) is 11.6 Å². The van der Waals surface area contributed by atoms with Gasteiger partial charge in [0.05, 0.1) is 0 Å². The van der Waals surface area contributed by atoms with Gasteiger partial charge in [0.25, 0.3) is 0 Å². The van der Waals surface area contributed by atoms with E-state index in [1.807, 2.05) is 0 Å². The molecule has 0 heterocycles. The van der Waals surface area contributed by atoms with Gasteiger partial charge in [-0.1, -0.05) is 19.3 Å². The lowest BCUT2D eigenvalue weighted by atomic mass is 9.84. The molecule has 4 heteroatoms. The average Bonchev–Trinajstić information content (AvgIpc) is 2.42. The summed E-state index contributed by atoms with van der Waals surface area (Å²) in [5, 5.41) is 3.23. The van der Waals surface area contributed by atoms with Gasteiger partial charge in [-0.25, -0.2) is 13.2 Å². The van der Waals surface area contributed by atoms with E-state index in [2.05, 4.69) is 12.2 Å². The van der Waals surface area contributed by atoms with Crippen molar-refractivity contribution >= 4 is 0 Å². The number of nitrogens with one attached hydrogen (secondary N) is 1. The lowest BCUT2D eigenvalue weighted by Gasteiger charge is -2.28. The first kappa shape index (κ1) is 14.4. The smallest absolute Gasteiger partial charge is 0.161 e. The van der Waals surface area contributed by atoms with Crippen molar-refractivity contribution in [2.75, 3.05) is 0 Å². The SMILES string of the molecule is CC(NCc1cc(F)c(F)cc1F)C1CCCCC1. The molecule has 0 aliphatic heterocycles. The molecule has 0 aromatic heterocycles. The van der Waals surface area contributed by atoms with Crippen LogP contribution >= 0.6 is 0 Å². The second-order valence-electron chi connectivity index (χ2n) is 5.43. The summed E-state index contributed by atoms with van der Waals surface area (Å²) in [4.78, 5) is 0. The summed E-state index contributed by atoms with van der Waals surface area (Å²) >= 11 is 0. The van der Waals surface area contributed by atoms with Crippen LogP contribution in [0.1, 0.15) is 44.6 Å². The third kappa shape index (κ3) is 3.72. The van der Waals surface area contributed by atoms with Gasteiger partial charge in [0.2, 0.25) is 0 Å². The fourth-order valence-electron chi connectivity index (χ4n) is 2.77. The van der Waals surface area contributed by atoms with E-state index < -0.39 is 17.5 Å². The molecular formula is C15H20F3N. The van der Waals surface area contributed by atoms with E-state index in [0.29, 0.717) is 12.0 Å². The van der Waals surface area contributed by atoms with E-state index in [9.17, 15) is 13.2 Å². The van der Waals surface area contributed by atoms with Crippen LogP contribution in [0.2, 0.25) is 0 Å². The van der Waals surface area contributed by atoms with Crippen molar-refractivity contribution in [1.82, 2.24) is 5.32 Å². The Bertz CT molecular complexity index is 428. The first-order valence-electron chi connectivity index (χ1n) is 6.94.